The smallest absolute Gasteiger partial charge is 0.305 e. The van der Waals surface area contributed by atoms with Gasteiger partial charge in [-0.2, -0.15) is 0 Å². The standard InChI is InChI=1S/C21H36O2/c1-3-4-5-6-7-8-9-10-11-12-13-14-15-16-17-18-19-20-21(22)23-2/h7-8,10-11,14-15H,3-6,9,12-13,16-20H2,1-2H3/b8-7-,11-10-,15-14-. The Morgan fingerprint density at radius 1 is 0.739 bits per heavy atom. The van der Waals surface area contributed by atoms with E-state index in [4.69, 9.17) is 0 Å². The van der Waals surface area contributed by atoms with E-state index in [0.717, 1.165) is 44.9 Å². The average molecular weight is 321 g/mol. The van der Waals surface area contributed by atoms with Crippen LogP contribution in [0.5, 0.6) is 0 Å². The Morgan fingerprint density at radius 2 is 1.30 bits per heavy atom. The molecule has 0 radical (unpaired) electrons. The van der Waals surface area contributed by atoms with Crippen molar-refractivity contribution < 1.29 is 9.53 Å². The van der Waals surface area contributed by atoms with Gasteiger partial charge in [0.15, 0.2) is 0 Å². The third-order valence-electron chi connectivity index (χ3n) is 3.73. The quantitative estimate of drug-likeness (QED) is 0.195. The van der Waals surface area contributed by atoms with Crippen LogP contribution in [0.25, 0.3) is 0 Å². The molecule has 23 heavy (non-hydrogen) atoms. The van der Waals surface area contributed by atoms with Crippen LogP contribution in [0, 0.1) is 0 Å². The Balaban J connectivity index is 3.30. The summed E-state index contributed by atoms with van der Waals surface area (Å²) in [5.74, 6) is -0.0943. The zero-order chi connectivity index (χ0) is 17.0. The monoisotopic (exact) mass is 320 g/mol. The summed E-state index contributed by atoms with van der Waals surface area (Å²) in [7, 11) is 1.45. The van der Waals surface area contributed by atoms with Crippen molar-refractivity contribution in [3.8, 4) is 0 Å². The van der Waals surface area contributed by atoms with Gasteiger partial charge in [0.1, 0.15) is 0 Å². The first-order chi connectivity index (χ1) is 11.3. The highest BCUT2D eigenvalue weighted by Crippen LogP contribution is 2.05. The summed E-state index contributed by atoms with van der Waals surface area (Å²) in [5, 5.41) is 0. The number of allylic oxidation sites excluding steroid dienone is 6. The summed E-state index contributed by atoms with van der Waals surface area (Å²) in [6, 6.07) is 0. The Morgan fingerprint density at radius 3 is 1.96 bits per heavy atom. The maximum absolute atomic E-state index is 10.9. The maximum Gasteiger partial charge on any atom is 0.305 e. The molecule has 0 aromatic rings. The second-order valence-electron chi connectivity index (χ2n) is 5.90. The Kier molecular flexibility index (Phi) is 17.7. The normalized spacial score (nSPS) is 11.9. The van der Waals surface area contributed by atoms with Gasteiger partial charge in [0.05, 0.1) is 7.11 Å². The van der Waals surface area contributed by atoms with Gasteiger partial charge in [-0.15, -0.1) is 0 Å². The van der Waals surface area contributed by atoms with E-state index in [-0.39, 0.29) is 5.97 Å². The van der Waals surface area contributed by atoms with Crippen molar-refractivity contribution in [3.05, 3.63) is 36.5 Å². The van der Waals surface area contributed by atoms with Crippen molar-refractivity contribution >= 4 is 5.97 Å². The zero-order valence-corrected chi connectivity index (χ0v) is 15.3. The summed E-state index contributed by atoms with van der Waals surface area (Å²) >= 11 is 0. The minimum Gasteiger partial charge on any atom is -0.469 e. The Hall–Kier alpha value is -1.31. The first-order valence-electron chi connectivity index (χ1n) is 9.33. The molecule has 0 atom stereocenters. The summed E-state index contributed by atoms with van der Waals surface area (Å²) in [4.78, 5) is 10.9. The second kappa shape index (κ2) is 18.7. The van der Waals surface area contributed by atoms with Gasteiger partial charge in [-0.05, 0) is 51.4 Å². The van der Waals surface area contributed by atoms with Crippen molar-refractivity contribution in [2.24, 2.45) is 0 Å². The SMILES string of the molecule is CCCCC/C=C\C/C=C\CC/C=C\CCCCCC(=O)OC. The van der Waals surface area contributed by atoms with Crippen LogP contribution in [0.4, 0.5) is 0 Å². The fourth-order valence-electron chi connectivity index (χ4n) is 2.26. The molecular formula is C21H36O2. The number of carbonyl (C=O) groups excluding carboxylic acids is 1. The number of methoxy groups -OCH3 is 1. The number of ether oxygens (including phenoxy) is 1. The molecule has 0 aromatic carbocycles. The van der Waals surface area contributed by atoms with Gasteiger partial charge in [0.25, 0.3) is 0 Å². The van der Waals surface area contributed by atoms with E-state index < -0.39 is 0 Å². The summed E-state index contributed by atoms with van der Waals surface area (Å²) < 4.78 is 4.62. The van der Waals surface area contributed by atoms with E-state index in [1.165, 1.54) is 32.8 Å². The molecule has 0 rings (SSSR count). The molecule has 0 amide bonds. The lowest BCUT2D eigenvalue weighted by molar-refractivity contribution is -0.140. The third-order valence-corrected chi connectivity index (χ3v) is 3.73. The van der Waals surface area contributed by atoms with E-state index >= 15 is 0 Å². The second-order valence-corrected chi connectivity index (χ2v) is 5.90. The van der Waals surface area contributed by atoms with Crippen molar-refractivity contribution in [3.63, 3.8) is 0 Å². The highest BCUT2D eigenvalue weighted by molar-refractivity contribution is 5.68. The first-order valence-corrected chi connectivity index (χ1v) is 9.33. The predicted octanol–water partition coefficient (Wildman–Crippen LogP) is 6.53. The van der Waals surface area contributed by atoms with Crippen molar-refractivity contribution in [1.82, 2.24) is 0 Å². The molecule has 0 bridgehead atoms. The zero-order valence-electron chi connectivity index (χ0n) is 15.3. The number of esters is 1. The summed E-state index contributed by atoms with van der Waals surface area (Å²) in [6.07, 6.45) is 27.0. The number of hydrogen-bond donors (Lipinski definition) is 0. The van der Waals surface area contributed by atoms with E-state index in [2.05, 4.69) is 48.1 Å². The van der Waals surface area contributed by atoms with Crippen LogP contribution in [0.15, 0.2) is 36.5 Å². The fourth-order valence-corrected chi connectivity index (χ4v) is 2.26. The van der Waals surface area contributed by atoms with Gasteiger partial charge in [0, 0.05) is 6.42 Å². The van der Waals surface area contributed by atoms with Crippen molar-refractivity contribution in [1.29, 1.82) is 0 Å². The molecular weight excluding hydrogens is 284 g/mol. The van der Waals surface area contributed by atoms with E-state index in [9.17, 15) is 4.79 Å². The van der Waals surface area contributed by atoms with Gasteiger partial charge in [-0.25, -0.2) is 0 Å². The number of rotatable bonds is 15. The molecule has 0 aliphatic carbocycles. The molecule has 2 heteroatoms. The molecule has 0 N–H and O–H groups in total. The lowest BCUT2D eigenvalue weighted by Crippen LogP contribution is -1.98. The topological polar surface area (TPSA) is 26.3 Å². The molecule has 0 saturated heterocycles. The lowest BCUT2D eigenvalue weighted by atomic mass is 10.1. The molecule has 0 aliphatic rings. The van der Waals surface area contributed by atoms with Gasteiger partial charge >= 0.3 is 5.97 Å². The average Bonchev–Trinajstić information content (AvgIpc) is 2.57. The number of carbonyl (C=O) groups is 1. The molecule has 0 aliphatic heterocycles. The van der Waals surface area contributed by atoms with Gasteiger partial charge in [-0.3, -0.25) is 4.79 Å². The van der Waals surface area contributed by atoms with Crippen LogP contribution >= 0.6 is 0 Å². The number of unbranched alkanes of at least 4 members (excludes halogenated alkanes) is 7. The Bertz CT molecular complexity index is 340. The highest BCUT2D eigenvalue weighted by atomic mass is 16.5. The minimum absolute atomic E-state index is 0.0943. The van der Waals surface area contributed by atoms with E-state index in [1.807, 2.05) is 0 Å². The van der Waals surface area contributed by atoms with Gasteiger partial charge in [-0.1, -0.05) is 62.6 Å². The molecule has 0 unspecified atom stereocenters. The van der Waals surface area contributed by atoms with Crippen LogP contribution < -0.4 is 0 Å². The lowest BCUT2D eigenvalue weighted by Gasteiger charge is -1.98. The fraction of sp³-hybridized carbons (Fsp3) is 0.667. The highest BCUT2D eigenvalue weighted by Gasteiger charge is 1.97. The Labute approximate surface area is 143 Å². The summed E-state index contributed by atoms with van der Waals surface area (Å²) in [5.41, 5.74) is 0. The van der Waals surface area contributed by atoms with Crippen molar-refractivity contribution in [2.45, 2.75) is 84.0 Å². The molecule has 0 fully saturated rings. The molecule has 132 valence electrons. The predicted molar refractivity (Wildman–Crippen MR) is 101 cm³/mol. The molecule has 0 spiro atoms. The van der Waals surface area contributed by atoms with Crippen LogP contribution in [0.3, 0.4) is 0 Å². The van der Waals surface area contributed by atoms with E-state index in [1.54, 1.807) is 0 Å². The minimum atomic E-state index is -0.0943. The third kappa shape index (κ3) is 18.6. The van der Waals surface area contributed by atoms with Crippen LogP contribution in [-0.4, -0.2) is 13.1 Å². The van der Waals surface area contributed by atoms with Gasteiger partial charge in [0.2, 0.25) is 0 Å². The molecule has 2 nitrogen and oxygen atoms in total. The van der Waals surface area contributed by atoms with Crippen LogP contribution in [-0.2, 0) is 9.53 Å². The van der Waals surface area contributed by atoms with Crippen LogP contribution in [0.2, 0.25) is 0 Å². The molecule has 0 aromatic heterocycles. The largest absolute Gasteiger partial charge is 0.469 e. The number of hydrogen-bond acceptors (Lipinski definition) is 2. The van der Waals surface area contributed by atoms with E-state index in [0.29, 0.717) is 6.42 Å². The van der Waals surface area contributed by atoms with Crippen LogP contribution in [0.1, 0.15) is 84.0 Å². The summed E-state index contributed by atoms with van der Waals surface area (Å²) in [6.45, 7) is 2.24. The van der Waals surface area contributed by atoms with Gasteiger partial charge < -0.3 is 4.74 Å². The first kappa shape index (κ1) is 21.7. The van der Waals surface area contributed by atoms with Crippen molar-refractivity contribution in [2.75, 3.05) is 7.11 Å². The molecule has 0 saturated carbocycles. The molecule has 0 heterocycles. The maximum atomic E-state index is 10.9.